The third-order valence-corrected chi connectivity index (χ3v) is 8.48. The fourth-order valence-electron chi connectivity index (χ4n) is 4.50. The number of aryl methyl sites for hydroxylation is 2. The first kappa shape index (κ1) is 26.6. The van der Waals surface area contributed by atoms with Gasteiger partial charge in [-0.05, 0) is 51.8 Å². The Bertz CT molecular complexity index is 1100. The van der Waals surface area contributed by atoms with E-state index in [0.29, 0.717) is 18.4 Å². The van der Waals surface area contributed by atoms with Crippen molar-refractivity contribution in [1.82, 2.24) is 23.7 Å². The van der Waals surface area contributed by atoms with Crippen LogP contribution in [0.4, 0.5) is 0 Å². The van der Waals surface area contributed by atoms with Gasteiger partial charge in [0.05, 0.1) is 15.9 Å². The van der Waals surface area contributed by atoms with E-state index in [1.807, 2.05) is 11.0 Å². The van der Waals surface area contributed by atoms with Crippen LogP contribution in [0.25, 0.3) is 11.0 Å². The highest BCUT2D eigenvalue weighted by atomic mass is 32.2. The Balaban J connectivity index is 1.78. The Hall–Kier alpha value is -1.97. The predicted molar refractivity (Wildman–Crippen MR) is 136 cm³/mol. The van der Waals surface area contributed by atoms with E-state index < -0.39 is 10.0 Å². The van der Waals surface area contributed by atoms with Crippen LogP contribution in [-0.4, -0.2) is 83.8 Å². The first-order chi connectivity index (χ1) is 15.9. The molecule has 2 aromatic rings. The van der Waals surface area contributed by atoms with Crippen molar-refractivity contribution in [1.29, 1.82) is 0 Å². The number of fused-ring (bicyclic) bond motifs is 1. The molecule has 0 saturated carbocycles. The van der Waals surface area contributed by atoms with Gasteiger partial charge >= 0.3 is 0 Å². The maximum atomic E-state index is 13.1. The number of nitrogens with zero attached hydrogens (tertiary/aromatic N) is 5. The lowest BCUT2D eigenvalue weighted by atomic mass is 10.1. The molecule has 190 valence electrons. The SMILES string of the molecule is CCCCn1c(CCC(=O)N2CCCN(C(C)(C)C)CC2)nc2cc(S(=O)(=O)N(C)C)ccc21. The van der Waals surface area contributed by atoms with E-state index >= 15 is 0 Å². The van der Waals surface area contributed by atoms with Crippen LogP contribution in [-0.2, 0) is 27.8 Å². The normalized spacial score (nSPS) is 16.4. The van der Waals surface area contributed by atoms with E-state index in [9.17, 15) is 13.2 Å². The second-order valence-corrected chi connectivity index (χ2v) is 12.5. The van der Waals surface area contributed by atoms with E-state index in [-0.39, 0.29) is 16.3 Å². The van der Waals surface area contributed by atoms with Crippen molar-refractivity contribution in [3.63, 3.8) is 0 Å². The summed E-state index contributed by atoms with van der Waals surface area (Å²) in [5, 5.41) is 0. The van der Waals surface area contributed by atoms with Crippen LogP contribution >= 0.6 is 0 Å². The number of carbonyl (C=O) groups excluding carboxylic acids is 1. The monoisotopic (exact) mass is 491 g/mol. The highest BCUT2D eigenvalue weighted by molar-refractivity contribution is 7.89. The summed E-state index contributed by atoms with van der Waals surface area (Å²) < 4.78 is 28.5. The minimum atomic E-state index is -3.53. The van der Waals surface area contributed by atoms with E-state index in [1.165, 1.54) is 18.4 Å². The van der Waals surface area contributed by atoms with Crippen molar-refractivity contribution < 1.29 is 13.2 Å². The van der Waals surface area contributed by atoms with Gasteiger partial charge in [0.2, 0.25) is 15.9 Å². The highest BCUT2D eigenvalue weighted by Gasteiger charge is 2.26. The molecule has 1 amide bonds. The predicted octanol–water partition coefficient (Wildman–Crippen LogP) is 3.35. The molecule has 0 spiro atoms. The molecule has 1 saturated heterocycles. The smallest absolute Gasteiger partial charge is 0.242 e. The maximum Gasteiger partial charge on any atom is 0.242 e. The third-order valence-electron chi connectivity index (χ3n) is 6.67. The van der Waals surface area contributed by atoms with Crippen molar-refractivity contribution in [2.24, 2.45) is 0 Å². The van der Waals surface area contributed by atoms with Gasteiger partial charge in [-0.3, -0.25) is 9.69 Å². The Morgan fingerprint density at radius 2 is 1.85 bits per heavy atom. The molecule has 1 aliphatic rings. The second-order valence-electron chi connectivity index (χ2n) is 10.4. The van der Waals surface area contributed by atoms with Crippen molar-refractivity contribution in [3.8, 4) is 0 Å². The molecule has 8 nitrogen and oxygen atoms in total. The minimum Gasteiger partial charge on any atom is -0.341 e. The Kier molecular flexibility index (Phi) is 8.42. The lowest BCUT2D eigenvalue weighted by Crippen LogP contribution is -2.44. The number of aromatic nitrogens is 2. The first-order valence-corrected chi connectivity index (χ1v) is 13.8. The fourth-order valence-corrected chi connectivity index (χ4v) is 5.42. The molecule has 0 unspecified atom stereocenters. The van der Waals surface area contributed by atoms with Crippen LogP contribution in [0, 0.1) is 0 Å². The zero-order valence-corrected chi connectivity index (χ0v) is 22.5. The number of benzene rings is 1. The average molecular weight is 492 g/mol. The minimum absolute atomic E-state index is 0.113. The van der Waals surface area contributed by atoms with Crippen LogP contribution in [0.2, 0.25) is 0 Å². The summed E-state index contributed by atoms with van der Waals surface area (Å²) in [7, 11) is -0.473. The number of amides is 1. The molecular weight excluding hydrogens is 450 g/mol. The summed E-state index contributed by atoms with van der Waals surface area (Å²) in [6.45, 7) is 13.1. The number of hydrogen-bond acceptors (Lipinski definition) is 5. The number of hydrogen-bond donors (Lipinski definition) is 0. The zero-order chi connectivity index (χ0) is 25.1. The molecule has 0 atom stereocenters. The van der Waals surface area contributed by atoms with Crippen LogP contribution in [0.5, 0.6) is 0 Å². The Labute approximate surface area is 205 Å². The van der Waals surface area contributed by atoms with Crippen molar-refractivity contribution in [3.05, 3.63) is 24.0 Å². The lowest BCUT2D eigenvalue weighted by Gasteiger charge is -2.34. The summed E-state index contributed by atoms with van der Waals surface area (Å²) in [5.41, 5.74) is 1.70. The van der Waals surface area contributed by atoms with Gasteiger partial charge in [0.1, 0.15) is 5.82 Å². The van der Waals surface area contributed by atoms with Crippen LogP contribution in [0.1, 0.15) is 59.2 Å². The second kappa shape index (κ2) is 10.7. The van der Waals surface area contributed by atoms with Crippen LogP contribution in [0.3, 0.4) is 0 Å². The van der Waals surface area contributed by atoms with E-state index in [0.717, 1.165) is 63.3 Å². The van der Waals surface area contributed by atoms with Gasteiger partial charge in [-0.25, -0.2) is 17.7 Å². The molecule has 1 aliphatic heterocycles. The quantitative estimate of drug-likeness (QED) is 0.566. The molecule has 0 bridgehead atoms. The standard InChI is InChI=1S/C25H41N5O3S/c1-7-8-16-30-22-11-10-20(34(32,33)27(5)6)19-21(22)26-23(30)12-13-24(31)28-14-9-15-29(18-17-28)25(2,3)4/h10-11,19H,7-9,12-18H2,1-6H3. The number of imidazole rings is 1. The summed E-state index contributed by atoms with van der Waals surface area (Å²) in [6, 6.07) is 5.14. The Morgan fingerprint density at radius 1 is 1.12 bits per heavy atom. The molecule has 34 heavy (non-hydrogen) atoms. The molecule has 1 aromatic heterocycles. The van der Waals surface area contributed by atoms with Gasteiger partial charge in [-0.1, -0.05) is 13.3 Å². The Morgan fingerprint density at radius 3 is 2.50 bits per heavy atom. The number of rotatable bonds is 8. The lowest BCUT2D eigenvalue weighted by molar-refractivity contribution is -0.131. The fraction of sp³-hybridized carbons (Fsp3) is 0.680. The molecule has 0 aliphatic carbocycles. The van der Waals surface area contributed by atoms with Gasteiger partial charge in [-0.15, -0.1) is 0 Å². The van der Waals surface area contributed by atoms with Gasteiger partial charge in [0, 0.05) is 65.2 Å². The molecule has 1 fully saturated rings. The first-order valence-electron chi connectivity index (χ1n) is 12.4. The summed E-state index contributed by atoms with van der Waals surface area (Å²) in [5.74, 6) is 1.02. The van der Waals surface area contributed by atoms with E-state index in [2.05, 4.69) is 37.2 Å². The van der Waals surface area contributed by atoms with Gasteiger partial charge in [-0.2, -0.15) is 0 Å². The van der Waals surface area contributed by atoms with E-state index in [4.69, 9.17) is 4.98 Å². The van der Waals surface area contributed by atoms with E-state index in [1.54, 1.807) is 12.1 Å². The average Bonchev–Trinajstić information content (AvgIpc) is 2.93. The largest absolute Gasteiger partial charge is 0.341 e. The van der Waals surface area contributed by atoms with Crippen molar-refractivity contribution in [2.45, 2.75) is 76.8 Å². The van der Waals surface area contributed by atoms with Gasteiger partial charge < -0.3 is 9.47 Å². The van der Waals surface area contributed by atoms with Gasteiger partial charge in [0.25, 0.3) is 0 Å². The topological polar surface area (TPSA) is 78.8 Å². The molecule has 2 heterocycles. The number of unbranched alkanes of at least 4 members (excludes halogenated alkanes) is 1. The number of sulfonamides is 1. The zero-order valence-electron chi connectivity index (χ0n) is 21.7. The molecule has 0 radical (unpaired) electrons. The van der Waals surface area contributed by atoms with Crippen molar-refractivity contribution >= 4 is 27.0 Å². The molecule has 9 heteroatoms. The van der Waals surface area contributed by atoms with Gasteiger partial charge in [0.15, 0.2) is 0 Å². The molecule has 3 rings (SSSR count). The summed E-state index contributed by atoms with van der Waals surface area (Å²) >= 11 is 0. The highest BCUT2D eigenvalue weighted by Crippen LogP contribution is 2.24. The summed E-state index contributed by atoms with van der Waals surface area (Å²) in [6.07, 6.45) is 3.99. The number of carbonyl (C=O) groups is 1. The van der Waals surface area contributed by atoms with Crippen molar-refractivity contribution in [2.75, 3.05) is 40.3 Å². The maximum absolute atomic E-state index is 13.1. The van der Waals surface area contributed by atoms with Crippen LogP contribution in [0.15, 0.2) is 23.1 Å². The molecule has 1 aromatic carbocycles. The molecular formula is C25H41N5O3S. The molecule has 0 N–H and O–H groups in total. The summed E-state index contributed by atoms with van der Waals surface area (Å²) in [4.78, 5) is 22.5. The van der Waals surface area contributed by atoms with Crippen LogP contribution < -0.4 is 0 Å². The third kappa shape index (κ3) is 5.98.